The molecule has 2 rings (SSSR count). The summed E-state index contributed by atoms with van der Waals surface area (Å²) in [5.74, 6) is -0.920. The van der Waals surface area contributed by atoms with Gasteiger partial charge in [0, 0.05) is 6.04 Å². The number of rotatable bonds is 4. The van der Waals surface area contributed by atoms with Crippen LogP contribution in [-0.4, -0.2) is 53.8 Å². The van der Waals surface area contributed by atoms with E-state index in [-0.39, 0.29) is 24.1 Å². The molecule has 1 saturated heterocycles. The van der Waals surface area contributed by atoms with E-state index >= 15 is 0 Å². The molecule has 7 nitrogen and oxygen atoms in total. The molecular formula is C8H11N3O4S2. The quantitative estimate of drug-likeness (QED) is 0.800. The number of hydrogen-bond acceptors (Lipinski definition) is 7. The van der Waals surface area contributed by atoms with Crippen LogP contribution in [0.25, 0.3) is 0 Å². The van der Waals surface area contributed by atoms with Crippen LogP contribution in [0, 0.1) is 0 Å². The number of hydrogen-bond donors (Lipinski definition) is 1. The largest absolute Gasteiger partial charge is 0.480 e. The maximum absolute atomic E-state index is 11.4. The second-order valence-corrected chi connectivity index (χ2v) is 6.84. The molecule has 1 aliphatic heterocycles. The first-order chi connectivity index (χ1) is 7.98. The Hall–Kier alpha value is -1.22. The average molecular weight is 277 g/mol. The molecular weight excluding hydrogens is 266 g/mol. The minimum Gasteiger partial charge on any atom is -0.480 e. The maximum atomic E-state index is 11.4. The zero-order valence-electron chi connectivity index (χ0n) is 8.81. The van der Waals surface area contributed by atoms with Crippen molar-refractivity contribution in [3.8, 4) is 0 Å². The van der Waals surface area contributed by atoms with Crippen LogP contribution in [0.15, 0.2) is 5.51 Å². The highest BCUT2D eigenvalue weighted by molar-refractivity contribution is 7.91. The summed E-state index contributed by atoms with van der Waals surface area (Å²) in [6.45, 7) is -0.255. The molecule has 0 spiro atoms. The Labute approximate surface area is 102 Å². The lowest BCUT2D eigenvalue weighted by Crippen LogP contribution is -2.40. The predicted octanol–water partition coefficient (Wildman–Crippen LogP) is -0.384. The second-order valence-electron chi connectivity index (χ2n) is 3.80. The SMILES string of the molecule is O=C(O)CN(c1nncs1)C1CCS(=O)(=O)C1. The number of sulfone groups is 1. The number of nitrogens with zero attached hydrogens (tertiary/aromatic N) is 3. The van der Waals surface area contributed by atoms with E-state index in [1.807, 2.05) is 0 Å². The molecule has 0 saturated carbocycles. The molecule has 0 amide bonds. The molecule has 1 aromatic rings. The van der Waals surface area contributed by atoms with Gasteiger partial charge in [0.05, 0.1) is 11.5 Å². The van der Waals surface area contributed by atoms with Crippen LogP contribution in [0.5, 0.6) is 0 Å². The molecule has 0 bridgehead atoms. The van der Waals surface area contributed by atoms with Crippen LogP contribution in [0.3, 0.4) is 0 Å². The summed E-state index contributed by atoms with van der Waals surface area (Å²) >= 11 is 1.21. The number of carbonyl (C=O) groups is 1. The summed E-state index contributed by atoms with van der Waals surface area (Å²) in [6.07, 6.45) is 0.440. The fourth-order valence-corrected chi connectivity index (χ4v) is 4.17. The molecule has 0 radical (unpaired) electrons. The Morgan fingerprint density at radius 1 is 1.65 bits per heavy atom. The Morgan fingerprint density at radius 2 is 2.41 bits per heavy atom. The molecule has 0 aliphatic carbocycles. The lowest BCUT2D eigenvalue weighted by atomic mass is 10.2. The van der Waals surface area contributed by atoms with E-state index in [9.17, 15) is 13.2 Å². The number of anilines is 1. The molecule has 94 valence electrons. The first-order valence-corrected chi connectivity index (χ1v) is 7.63. The van der Waals surface area contributed by atoms with Crippen LogP contribution in [0.4, 0.5) is 5.13 Å². The topological polar surface area (TPSA) is 100 Å². The summed E-state index contributed by atoms with van der Waals surface area (Å²) in [6, 6.07) is -0.316. The molecule has 1 aliphatic rings. The van der Waals surface area contributed by atoms with Gasteiger partial charge in [0.25, 0.3) is 0 Å². The van der Waals surface area contributed by atoms with Crippen molar-refractivity contribution in [1.29, 1.82) is 0 Å². The lowest BCUT2D eigenvalue weighted by Gasteiger charge is -2.25. The normalized spacial score (nSPS) is 22.5. The molecule has 0 aromatic carbocycles. The van der Waals surface area contributed by atoms with E-state index in [0.717, 1.165) is 0 Å². The van der Waals surface area contributed by atoms with Gasteiger partial charge in [-0.1, -0.05) is 11.3 Å². The molecule has 2 heterocycles. The number of aromatic nitrogens is 2. The molecule has 9 heteroatoms. The van der Waals surface area contributed by atoms with E-state index in [1.165, 1.54) is 21.7 Å². The number of carboxylic acid groups (broad SMARTS) is 1. The van der Waals surface area contributed by atoms with Gasteiger partial charge in [0.2, 0.25) is 5.13 Å². The van der Waals surface area contributed by atoms with Gasteiger partial charge < -0.3 is 10.0 Å². The highest BCUT2D eigenvalue weighted by Gasteiger charge is 2.34. The number of aliphatic carboxylic acids is 1. The first kappa shape index (κ1) is 12.2. The van der Waals surface area contributed by atoms with Crippen molar-refractivity contribution >= 4 is 32.3 Å². The minimum atomic E-state index is -3.05. The summed E-state index contributed by atoms with van der Waals surface area (Å²) in [5.41, 5.74) is 1.49. The van der Waals surface area contributed by atoms with Crippen LogP contribution in [-0.2, 0) is 14.6 Å². The van der Waals surface area contributed by atoms with Crippen molar-refractivity contribution < 1.29 is 18.3 Å². The fourth-order valence-electron chi connectivity index (χ4n) is 1.81. The minimum absolute atomic E-state index is 0.0140. The lowest BCUT2D eigenvalue weighted by molar-refractivity contribution is -0.135. The third-order valence-corrected chi connectivity index (χ3v) is 5.03. The van der Waals surface area contributed by atoms with Gasteiger partial charge in [0.1, 0.15) is 12.1 Å². The zero-order valence-corrected chi connectivity index (χ0v) is 10.4. The van der Waals surface area contributed by atoms with Crippen molar-refractivity contribution in [1.82, 2.24) is 10.2 Å². The molecule has 1 N–H and O–H groups in total. The Morgan fingerprint density at radius 3 is 2.88 bits per heavy atom. The second kappa shape index (κ2) is 4.57. The predicted molar refractivity (Wildman–Crippen MR) is 61.9 cm³/mol. The molecule has 1 unspecified atom stereocenters. The Bertz CT molecular complexity index is 499. The summed E-state index contributed by atoms with van der Waals surface area (Å²) in [7, 11) is -3.05. The van der Waals surface area contributed by atoms with Crippen LogP contribution >= 0.6 is 11.3 Å². The van der Waals surface area contributed by atoms with Gasteiger partial charge in [-0.3, -0.25) is 4.79 Å². The third-order valence-electron chi connectivity index (χ3n) is 2.55. The van der Waals surface area contributed by atoms with Crippen LogP contribution < -0.4 is 4.90 Å². The van der Waals surface area contributed by atoms with E-state index < -0.39 is 15.8 Å². The fraction of sp³-hybridized carbons (Fsp3) is 0.625. The summed E-state index contributed by atoms with van der Waals surface area (Å²) in [5, 5.41) is 16.7. The van der Waals surface area contributed by atoms with Gasteiger partial charge in [-0.25, -0.2) is 8.42 Å². The maximum Gasteiger partial charge on any atom is 0.323 e. The van der Waals surface area contributed by atoms with Crippen molar-refractivity contribution in [2.75, 3.05) is 23.0 Å². The van der Waals surface area contributed by atoms with Crippen molar-refractivity contribution in [3.05, 3.63) is 5.51 Å². The van der Waals surface area contributed by atoms with Crippen molar-refractivity contribution in [3.63, 3.8) is 0 Å². The van der Waals surface area contributed by atoms with Crippen LogP contribution in [0.1, 0.15) is 6.42 Å². The van der Waals surface area contributed by atoms with E-state index in [0.29, 0.717) is 11.6 Å². The van der Waals surface area contributed by atoms with Gasteiger partial charge >= 0.3 is 5.97 Å². The monoisotopic (exact) mass is 277 g/mol. The van der Waals surface area contributed by atoms with Crippen molar-refractivity contribution in [2.24, 2.45) is 0 Å². The number of carboxylic acids is 1. The standard InChI is InChI=1S/C8H11N3O4S2/c12-7(13)3-11(8-10-9-5-16-8)6-1-2-17(14,15)4-6/h5-6H,1-4H2,(H,12,13). The highest BCUT2D eigenvalue weighted by atomic mass is 32.2. The van der Waals surface area contributed by atoms with Gasteiger partial charge in [-0.15, -0.1) is 10.2 Å². The highest BCUT2D eigenvalue weighted by Crippen LogP contribution is 2.24. The third kappa shape index (κ3) is 2.91. The van der Waals surface area contributed by atoms with Gasteiger partial charge in [-0.05, 0) is 6.42 Å². The van der Waals surface area contributed by atoms with Gasteiger partial charge in [0.15, 0.2) is 9.84 Å². The first-order valence-electron chi connectivity index (χ1n) is 4.93. The van der Waals surface area contributed by atoms with E-state index in [2.05, 4.69) is 10.2 Å². The zero-order chi connectivity index (χ0) is 12.5. The van der Waals surface area contributed by atoms with Crippen molar-refractivity contribution in [2.45, 2.75) is 12.5 Å². The summed E-state index contributed by atoms with van der Waals surface area (Å²) < 4.78 is 22.8. The van der Waals surface area contributed by atoms with Crippen LogP contribution in [0.2, 0.25) is 0 Å². The summed E-state index contributed by atoms with van der Waals surface area (Å²) in [4.78, 5) is 12.3. The molecule has 1 aromatic heterocycles. The molecule has 17 heavy (non-hydrogen) atoms. The molecule has 1 fully saturated rings. The van der Waals surface area contributed by atoms with E-state index in [1.54, 1.807) is 0 Å². The molecule has 1 atom stereocenters. The Balaban J connectivity index is 2.20. The van der Waals surface area contributed by atoms with E-state index in [4.69, 9.17) is 5.11 Å². The average Bonchev–Trinajstić information content (AvgIpc) is 2.83. The van der Waals surface area contributed by atoms with Gasteiger partial charge in [-0.2, -0.15) is 0 Å². The smallest absolute Gasteiger partial charge is 0.323 e. The Kier molecular flexibility index (Phi) is 3.29.